The second-order valence-corrected chi connectivity index (χ2v) is 22.7. The molecule has 40 heavy (non-hydrogen) atoms. The third kappa shape index (κ3) is 6.07. The van der Waals surface area contributed by atoms with Crippen molar-refractivity contribution in [3.8, 4) is 11.5 Å². The molecule has 0 spiro atoms. The zero-order valence-electron chi connectivity index (χ0n) is 26.6. The lowest BCUT2D eigenvalue weighted by molar-refractivity contribution is -0.192. The predicted molar refractivity (Wildman–Crippen MR) is 164 cm³/mol. The Morgan fingerprint density at radius 1 is 0.650 bits per heavy atom. The Kier molecular flexibility index (Phi) is 9.95. The third-order valence-electron chi connectivity index (χ3n) is 8.61. The van der Waals surface area contributed by atoms with Crippen molar-refractivity contribution < 1.29 is 32.7 Å². The summed E-state index contributed by atoms with van der Waals surface area (Å²) in [5.74, 6) is 0.486. The third-order valence-corrected chi connectivity index (χ3v) is 17.5. The number of ether oxygens (including phenoxy) is 3. The molecule has 7 nitrogen and oxygen atoms in total. The lowest BCUT2D eigenvalue weighted by Gasteiger charge is -2.54. The lowest BCUT2D eigenvalue weighted by atomic mass is 9.74. The van der Waals surface area contributed by atoms with Crippen molar-refractivity contribution in [2.75, 3.05) is 21.3 Å². The first kappa shape index (κ1) is 33.7. The maximum atomic E-state index is 14.4. The molecule has 0 aliphatic heterocycles. The van der Waals surface area contributed by atoms with E-state index in [9.17, 15) is 9.59 Å². The molecule has 0 heterocycles. The number of aldehydes is 1. The number of hydrogen-bond acceptors (Lipinski definition) is 7. The lowest BCUT2D eigenvalue weighted by Crippen LogP contribution is -2.66. The van der Waals surface area contributed by atoms with E-state index in [0.717, 1.165) is 6.29 Å². The highest BCUT2D eigenvalue weighted by Gasteiger charge is 2.67. The summed E-state index contributed by atoms with van der Waals surface area (Å²) in [5, 5.41) is -0.614. The van der Waals surface area contributed by atoms with E-state index < -0.39 is 33.8 Å². The van der Waals surface area contributed by atoms with Gasteiger partial charge < -0.3 is 23.1 Å². The number of rotatable bonds is 11. The van der Waals surface area contributed by atoms with Gasteiger partial charge >= 0.3 is 5.97 Å². The van der Waals surface area contributed by atoms with Crippen LogP contribution in [0.1, 0.15) is 52.7 Å². The molecule has 0 N–H and O–H groups in total. The molecule has 0 saturated carbocycles. The maximum Gasteiger partial charge on any atom is 0.345 e. The van der Waals surface area contributed by atoms with Crippen LogP contribution in [0.5, 0.6) is 11.5 Å². The molecule has 0 bridgehead atoms. The van der Waals surface area contributed by atoms with Crippen LogP contribution in [0.25, 0.3) is 0 Å². The summed E-state index contributed by atoms with van der Waals surface area (Å²) < 4.78 is 30.7. The van der Waals surface area contributed by atoms with E-state index in [1.54, 1.807) is 62.8 Å². The van der Waals surface area contributed by atoms with Crippen LogP contribution in [0.2, 0.25) is 36.3 Å². The predicted octanol–water partition coefficient (Wildman–Crippen LogP) is 7.21. The quantitative estimate of drug-likeness (QED) is 0.156. The molecule has 2 rings (SSSR count). The summed E-state index contributed by atoms with van der Waals surface area (Å²) in [7, 11) is -1.11. The van der Waals surface area contributed by atoms with Crippen molar-refractivity contribution in [1.82, 2.24) is 0 Å². The van der Waals surface area contributed by atoms with Crippen molar-refractivity contribution in [1.29, 1.82) is 0 Å². The van der Waals surface area contributed by atoms with Gasteiger partial charge in [-0.25, -0.2) is 4.79 Å². The Morgan fingerprint density at radius 3 is 1.35 bits per heavy atom. The van der Waals surface area contributed by atoms with Gasteiger partial charge in [-0.15, -0.1) is 0 Å². The van der Waals surface area contributed by atoms with Crippen LogP contribution in [0.15, 0.2) is 48.5 Å². The number of methoxy groups -OCH3 is 3. The minimum absolute atomic E-state index is 0.299. The van der Waals surface area contributed by atoms with Gasteiger partial charge in [0, 0.05) is 0 Å². The first-order valence-corrected chi connectivity index (χ1v) is 19.3. The monoisotopic (exact) mass is 588 g/mol. The van der Waals surface area contributed by atoms with Crippen LogP contribution >= 0.6 is 0 Å². The van der Waals surface area contributed by atoms with Crippen LogP contribution in [0.4, 0.5) is 0 Å². The summed E-state index contributed by atoms with van der Waals surface area (Å²) in [4.78, 5) is 28.3. The number of benzene rings is 2. The fraction of sp³-hybridized carbons (Fsp3) is 0.548. The Morgan fingerprint density at radius 2 is 1.02 bits per heavy atom. The van der Waals surface area contributed by atoms with Crippen molar-refractivity contribution in [2.24, 2.45) is 0 Å². The normalized spacial score (nSPS) is 15.9. The molecular weight excluding hydrogens is 541 g/mol. The summed E-state index contributed by atoms with van der Waals surface area (Å²) in [5.41, 5.74) is -2.98. The topological polar surface area (TPSA) is 80.3 Å². The highest BCUT2D eigenvalue weighted by atomic mass is 28.4. The molecule has 2 aromatic carbocycles. The molecule has 2 aromatic rings. The van der Waals surface area contributed by atoms with E-state index in [0.29, 0.717) is 22.6 Å². The number of hydrogen-bond donors (Lipinski definition) is 0. The van der Waals surface area contributed by atoms with Gasteiger partial charge in [-0.3, -0.25) is 4.79 Å². The Balaban J connectivity index is 3.21. The van der Waals surface area contributed by atoms with Crippen molar-refractivity contribution >= 4 is 28.9 Å². The van der Waals surface area contributed by atoms with Gasteiger partial charge in [0.2, 0.25) is 5.60 Å². The summed E-state index contributed by atoms with van der Waals surface area (Å²) in [6.07, 6.45) is 0.726. The van der Waals surface area contributed by atoms with E-state index in [4.69, 9.17) is 23.1 Å². The first-order valence-electron chi connectivity index (χ1n) is 13.5. The SMILES string of the molecule is COC(=O)C(O[Si](C)(C)C(C)(C)C)(c1ccc(OC)cc1)C(C=O)(O[Si](C)(C)C(C)(C)C)c1ccc(OC)cc1. The summed E-state index contributed by atoms with van der Waals surface area (Å²) in [6, 6.07) is 14.0. The zero-order valence-corrected chi connectivity index (χ0v) is 28.6. The van der Waals surface area contributed by atoms with E-state index in [1.165, 1.54) is 7.11 Å². The van der Waals surface area contributed by atoms with Gasteiger partial charge in [-0.05, 0) is 71.7 Å². The van der Waals surface area contributed by atoms with Gasteiger partial charge in [0.25, 0.3) is 0 Å². The summed E-state index contributed by atoms with van der Waals surface area (Å²) in [6.45, 7) is 20.7. The van der Waals surface area contributed by atoms with Crippen LogP contribution < -0.4 is 9.47 Å². The molecule has 0 radical (unpaired) electrons. The maximum absolute atomic E-state index is 14.4. The largest absolute Gasteiger partial charge is 0.497 e. The van der Waals surface area contributed by atoms with Crippen molar-refractivity contribution in [3.05, 3.63) is 59.7 Å². The molecule has 0 aliphatic rings. The van der Waals surface area contributed by atoms with Crippen LogP contribution in [-0.4, -0.2) is 50.2 Å². The van der Waals surface area contributed by atoms with Crippen molar-refractivity contribution in [3.63, 3.8) is 0 Å². The zero-order chi connectivity index (χ0) is 30.8. The van der Waals surface area contributed by atoms with Gasteiger partial charge in [-0.2, -0.15) is 0 Å². The van der Waals surface area contributed by atoms with Crippen molar-refractivity contribution in [2.45, 2.75) is 89.0 Å². The van der Waals surface area contributed by atoms with Crippen LogP contribution in [-0.2, 0) is 34.4 Å². The van der Waals surface area contributed by atoms with Crippen LogP contribution in [0.3, 0.4) is 0 Å². The number of carbonyl (C=O) groups excluding carboxylic acids is 2. The fourth-order valence-electron chi connectivity index (χ4n) is 4.07. The molecule has 0 fully saturated rings. The number of esters is 1. The molecule has 0 aromatic heterocycles. The first-order chi connectivity index (χ1) is 18.3. The van der Waals surface area contributed by atoms with E-state index in [-0.39, 0.29) is 10.1 Å². The van der Waals surface area contributed by atoms with Gasteiger partial charge in [0.1, 0.15) is 11.5 Å². The Hall–Kier alpha value is -2.47. The van der Waals surface area contributed by atoms with E-state index >= 15 is 0 Å². The highest BCUT2D eigenvalue weighted by Crippen LogP contribution is 2.54. The summed E-state index contributed by atoms with van der Waals surface area (Å²) >= 11 is 0. The van der Waals surface area contributed by atoms with Gasteiger partial charge in [0.05, 0.1) is 21.3 Å². The molecule has 222 valence electrons. The highest BCUT2D eigenvalue weighted by molar-refractivity contribution is 6.75. The second kappa shape index (κ2) is 11.8. The average molecular weight is 589 g/mol. The number of carbonyl (C=O) groups is 2. The smallest absolute Gasteiger partial charge is 0.345 e. The minimum Gasteiger partial charge on any atom is -0.497 e. The standard InChI is InChI=1S/C31H48O7Si2/c1-28(2,3)39(10,11)37-30(22-32,23-14-18-25(34-7)19-15-23)31(27(33)36-9,38-40(12,13)29(4,5)6)24-16-20-26(35-8)21-17-24/h14-22H,1-13H3. The molecule has 2 atom stereocenters. The molecule has 9 heteroatoms. The molecule has 2 unspecified atom stereocenters. The molecule has 0 amide bonds. The minimum atomic E-state index is -2.80. The van der Waals surface area contributed by atoms with Gasteiger partial charge in [-0.1, -0.05) is 65.8 Å². The fourth-order valence-corrected chi connectivity index (χ4v) is 6.91. The van der Waals surface area contributed by atoms with E-state index in [1.807, 2.05) is 13.1 Å². The van der Waals surface area contributed by atoms with Gasteiger partial charge in [0.15, 0.2) is 28.5 Å². The molecular formula is C31H48O7Si2. The van der Waals surface area contributed by atoms with E-state index in [2.05, 4.69) is 54.6 Å². The average Bonchev–Trinajstić information content (AvgIpc) is 2.88. The second-order valence-electron chi connectivity index (χ2n) is 13.2. The Bertz CT molecular complexity index is 1160. The Labute approximate surface area is 242 Å². The molecule has 0 aliphatic carbocycles. The molecule has 0 saturated heterocycles. The van der Waals surface area contributed by atoms with Crippen LogP contribution in [0, 0.1) is 0 Å².